The van der Waals surface area contributed by atoms with Gasteiger partial charge in [0.25, 0.3) is 0 Å². The molecule has 2 atom stereocenters. The number of hydrogen-bond acceptors (Lipinski definition) is 9. The summed E-state index contributed by atoms with van der Waals surface area (Å²) < 4.78 is 60.2. The smallest absolute Gasteiger partial charge is 0.452 e. The van der Waals surface area contributed by atoms with E-state index in [4.69, 9.17) is 37.4 Å². The Morgan fingerprint density at radius 3 is 2.67 bits per heavy atom. The molecule has 0 amide bonds. The molecular weight excluding hydrogens is 602 g/mol. The third kappa shape index (κ3) is 6.05. The zero-order chi connectivity index (χ0) is 30.0. The van der Waals surface area contributed by atoms with Crippen LogP contribution >= 0.6 is 23.2 Å². The lowest BCUT2D eigenvalue weighted by Crippen LogP contribution is -2.17. The van der Waals surface area contributed by atoms with E-state index in [0.717, 1.165) is 4.57 Å². The van der Waals surface area contributed by atoms with Gasteiger partial charge in [0.2, 0.25) is 5.82 Å². The third-order valence-corrected chi connectivity index (χ3v) is 7.12. The molecule has 0 saturated carbocycles. The summed E-state index contributed by atoms with van der Waals surface area (Å²) in [6.07, 6.45) is -6.42. The van der Waals surface area contributed by atoms with Gasteiger partial charge in [-0.05, 0) is 36.4 Å². The molecule has 2 aromatic carbocycles. The molecule has 16 heteroatoms. The molecule has 0 spiro atoms. The first kappa shape index (κ1) is 29.7. The van der Waals surface area contributed by atoms with E-state index >= 15 is 0 Å². The Morgan fingerprint density at radius 2 is 1.93 bits per heavy atom. The number of rotatable bonds is 9. The van der Waals surface area contributed by atoms with Crippen LogP contribution in [0.3, 0.4) is 0 Å². The van der Waals surface area contributed by atoms with E-state index in [2.05, 4.69) is 25.6 Å². The van der Waals surface area contributed by atoms with Crippen molar-refractivity contribution in [3.8, 4) is 11.4 Å². The zero-order valence-electron chi connectivity index (χ0n) is 22.3. The van der Waals surface area contributed by atoms with Crippen molar-refractivity contribution >= 4 is 29.2 Å². The summed E-state index contributed by atoms with van der Waals surface area (Å²) in [4.78, 5) is 12.9. The summed E-state index contributed by atoms with van der Waals surface area (Å²) in [7, 11) is 1.45. The minimum absolute atomic E-state index is 0.0740. The van der Waals surface area contributed by atoms with Gasteiger partial charge in [-0.15, -0.1) is 20.4 Å². The maximum absolute atomic E-state index is 14.2. The first-order valence-electron chi connectivity index (χ1n) is 12.8. The van der Waals surface area contributed by atoms with E-state index in [1.807, 2.05) is 0 Å². The van der Waals surface area contributed by atoms with Crippen molar-refractivity contribution in [2.45, 2.75) is 51.1 Å². The van der Waals surface area contributed by atoms with Gasteiger partial charge in [0.05, 0.1) is 37.4 Å². The fourth-order valence-electron chi connectivity index (χ4n) is 4.64. The lowest BCUT2D eigenvalue weighted by molar-refractivity contribution is -0.146. The number of esters is 1. The Kier molecular flexibility index (Phi) is 8.66. The molecule has 5 rings (SSSR count). The first-order valence-corrected chi connectivity index (χ1v) is 13.6. The lowest BCUT2D eigenvalue weighted by atomic mass is 9.99. The van der Waals surface area contributed by atoms with Gasteiger partial charge in [0.1, 0.15) is 18.0 Å². The number of carbonyl (C=O) groups is 1. The van der Waals surface area contributed by atoms with Crippen molar-refractivity contribution in [2.24, 2.45) is 0 Å². The van der Waals surface area contributed by atoms with Gasteiger partial charge in [-0.3, -0.25) is 9.36 Å². The molecule has 0 radical (unpaired) electrons. The molecule has 0 fully saturated rings. The number of benzene rings is 2. The SMILES string of the molecule is CCOC(=O)CCc1nnn(CC[C@H]2O[C@H](c3cccc(OC)c3Cl)c3cc(Cl)ccc3-n3c2nnc3C(F)(F)F)n1. The number of ether oxygens (including phenoxy) is 3. The summed E-state index contributed by atoms with van der Waals surface area (Å²) in [6, 6.07) is 9.52. The van der Waals surface area contributed by atoms with Gasteiger partial charge in [-0.25, -0.2) is 0 Å². The van der Waals surface area contributed by atoms with Crippen LogP contribution in [0.25, 0.3) is 5.69 Å². The average molecular weight is 626 g/mol. The molecule has 3 heterocycles. The quantitative estimate of drug-likeness (QED) is 0.227. The maximum Gasteiger partial charge on any atom is 0.452 e. The van der Waals surface area contributed by atoms with Gasteiger partial charge < -0.3 is 14.2 Å². The second-order valence-corrected chi connectivity index (χ2v) is 10.00. The van der Waals surface area contributed by atoms with Gasteiger partial charge >= 0.3 is 12.1 Å². The number of tetrazole rings is 1. The van der Waals surface area contributed by atoms with Crippen LogP contribution in [-0.2, 0) is 33.4 Å². The Labute approximate surface area is 247 Å². The predicted molar refractivity (Wildman–Crippen MR) is 142 cm³/mol. The van der Waals surface area contributed by atoms with E-state index in [1.54, 1.807) is 25.1 Å². The van der Waals surface area contributed by atoms with Crippen LogP contribution in [0.4, 0.5) is 13.2 Å². The largest absolute Gasteiger partial charge is 0.495 e. The molecule has 222 valence electrons. The van der Waals surface area contributed by atoms with E-state index in [-0.39, 0.29) is 59.9 Å². The second kappa shape index (κ2) is 12.2. The van der Waals surface area contributed by atoms with Gasteiger partial charge in [-0.2, -0.15) is 18.0 Å². The fraction of sp³-hybridized carbons (Fsp3) is 0.385. The molecule has 2 aromatic heterocycles. The Hall–Kier alpha value is -3.75. The van der Waals surface area contributed by atoms with Gasteiger partial charge in [0.15, 0.2) is 11.6 Å². The number of halogens is 5. The van der Waals surface area contributed by atoms with Crippen LogP contribution in [0.15, 0.2) is 36.4 Å². The zero-order valence-corrected chi connectivity index (χ0v) is 23.8. The van der Waals surface area contributed by atoms with E-state index in [9.17, 15) is 18.0 Å². The summed E-state index contributed by atoms with van der Waals surface area (Å²) in [5.41, 5.74) is 0.919. The lowest BCUT2D eigenvalue weighted by Gasteiger charge is -2.24. The molecule has 0 bridgehead atoms. The van der Waals surface area contributed by atoms with Crippen molar-refractivity contribution in [2.75, 3.05) is 13.7 Å². The summed E-state index contributed by atoms with van der Waals surface area (Å²) >= 11 is 13.0. The number of hydrogen-bond donors (Lipinski definition) is 0. The summed E-state index contributed by atoms with van der Waals surface area (Å²) in [6.45, 7) is 2.07. The minimum Gasteiger partial charge on any atom is -0.495 e. The first-order chi connectivity index (χ1) is 20.1. The molecule has 0 unspecified atom stereocenters. The highest BCUT2D eigenvalue weighted by Gasteiger charge is 2.43. The Balaban J connectivity index is 1.53. The molecule has 1 aliphatic heterocycles. The van der Waals surface area contributed by atoms with Crippen molar-refractivity contribution in [1.82, 2.24) is 35.0 Å². The highest BCUT2D eigenvalue weighted by molar-refractivity contribution is 6.33. The number of nitrogens with zero attached hydrogens (tertiary/aromatic N) is 7. The van der Waals surface area contributed by atoms with Crippen LogP contribution in [0.2, 0.25) is 10.0 Å². The Morgan fingerprint density at radius 1 is 1.12 bits per heavy atom. The van der Waals surface area contributed by atoms with Crippen LogP contribution in [0.5, 0.6) is 5.75 Å². The van der Waals surface area contributed by atoms with Crippen molar-refractivity contribution in [1.29, 1.82) is 0 Å². The van der Waals surface area contributed by atoms with Crippen LogP contribution in [-0.4, -0.2) is 54.7 Å². The van der Waals surface area contributed by atoms with Gasteiger partial charge in [-0.1, -0.05) is 35.3 Å². The standard InChI is InChI=1S/C26H24Cl2F3N7O4/c1-3-41-21(39)10-9-20-32-36-37(35-20)12-11-19-24-33-34-25(26(29,30)31)38(24)17-8-7-14(27)13-16(17)23(42-19)15-5-4-6-18(40-2)22(15)28/h4-8,13,19,23H,3,9-12H2,1-2H3/t19-,23-/m1/s1. The normalized spacial score (nSPS) is 16.5. The third-order valence-electron chi connectivity index (χ3n) is 6.48. The fourth-order valence-corrected chi connectivity index (χ4v) is 5.12. The molecule has 4 aromatic rings. The maximum atomic E-state index is 14.2. The molecule has 1 aliphatic rings. The number of alkyl halides is 3. The number of methoxy groups -OCH3 is 1. The van der Waals surface area contributed by atoms with Crippen molar-refractivity contribution in [3.05, 3.63) is 75.0 Å². The second-order valence-electron chi connectivity index (χ2n) is 9.18. The topological polar surface area (TPSA) is 119 Å². The summed E-state index contributed by atoms with van der Waals surface area (Å²) in [5.74, 6) is -1.00. The number of aromatic nitrogens is 7. The van der Waals surface area contributed by atoms with Crippen molar-refractivity contribution in [3.63, 3.8) is 0 Å². The van der Waals surface area contributed by atoms with Crippen LogP contribution in [0.1, 0.15) is 60.6 Å². The number of aryl methyl sites for hydroxylation is 2. The highest BCUT2D eigenvalue weighted by atomic mass is 35.5. The van der Waals surface area contributed by atoms with Gasteiger partial charge in [0, 0.05) is 29.0 Å². The van der Waals surface area contributed by atoms with Crippen molar-refractivity contribution < 1.29 is 32.2 Å². The van der Waals surface area contributed by atoms with Crippen LogP contribution in [0, 0.1) is 0 Å². The molecular formula is C26H24Cl2F3N7O4. The molecule has 0 saturated heterocycles. The molecule has 0 aliphatic carbocycles. The number of fused-ring (bicyclic) bond motifs is 3. The van der Waals surface area contributed by atoms with Crippen LogP contribution < -0.4 is 4.74 Å². The van der Waals surface area contributed by atoms with E-state index in [1.165, 1.54) is 30.1 Å². The molecule has 0 N–H and O–H groups in total. The predicted octanol–water partition coefficient (Wildman–Crippen LogP) is 5.33. The molecule has 42 heavy (non-hydrogen) atoms. The summed E-state index contributed by atoms with van der Waals surface area (Å²) in [5, 5.41) is 20.1. The highest BCUT2D eigenvalue weighted by Crippen LogP contribution is 2.46. The minimum atomic E-state index is -4.82. The average Bonchev–Trinajstić information content (AvgIpc) is 3.58. The number of carbonyl (C=O) groups excluding carboxylic acids is 1. The molecule has 11 nitrogen and oxygen atoms in total. The Bertz CT molecular complexity index is 1590. The van der Waals surface area contributed by atoms with E-state index < -0.39 is 24.2 Å². The van der Waals surface area contributed by atoms with E-state index in [0.29, 0.717) is 22.7 Å². The monoisotopic (exact) mass is 625 g/mol.